The lowest BCUT2D eigenvalue weighted by atomic mass is 9.99. The molecule has 0 spiro atoms. The van der Waals surface area contributed by atoms with Crippen molar-refractivity contribution in [1.29, 1.82) is 0 Å². The van der Waals surface area contributed by atoms with Gasteiger partial charge in [0.2, 0.25) is 0 Å². The Kier molecular flexibility index (Phi) is 4.35. The number of ether oxygens (including phenoxy) is 2. The maximum Gasteiger partial charge on any atom is 0.161 e. The van der Waals surface area contributed by atoms with E-state index in [4.69, 9.17) is 26.9 Å². The number of rotatable bonds is 3. The lowest BCUT2D eigenvalue weighted by molar-refractivity contribution is 0.171. The molecule has 0 bridgehead atoms. The lowest BCUT2D eigenvalue weighted by Gasteiger charge is -2.22. The zero-order valence-electron chi connectivity index (χ0n) is 11.1. The Morgan fingerprint density at radius 3 is 2.57 bits per heavy atom. The Morgan fingerprint density at radius 1 is 1.10 bits per heavy atom. The highest BCUT2D eigenvalue weighted by Gasteiger charge is 2.19. The number of fused-ring (bicyclic) bond motifs is 1. The predicted octanol–water partition coefficient (Wildman–Crippen LogP) is 3.43. The number of hydrogen-bond acceptors (Lipinski definition) is 4. The average Bonchev–Trinajstić information content (AvgIpc) is 2.50. The number of benzene rings is 2. The second kappa shape index (κ2) is 6.23. The maximum atomic E-state index is 5.99. The molecular formula is C15H14BrClN2O2. The first-order valence-electron chi connectivity index (χ1n) is 6.49. The fourth-order valence-corrected chi connectivity index (χ4v) is 3.25. The largest absolute Gasteiger partial charge is 0.486 e. The van der Waals surface area contributed by atoms with Crippen LogP contribution in [0.15, 0.2) is 40.9 Å². The molecular weight excluding hydrogens is 356 g/mol. The molecule has 4 nitrogen and oxygen atoms in total. The van der Waals surface area contributed by atoms with E-state index < -0.39 is 0 Å². The van der Waals surface area contributed by atoms with E-state index in [2.05, 4.69) is 21.4 Å². The van der Waals surface area contributed by atoms with Gasteiger partial charge in [0, 0.05) is 9.50 Å². The molecule has 21 heavy (non-hydrogen) atoms. The summed E-state index contributed by atoms with van der Waals surface area (Å²) in [6.45, 7) is 1.13. The van der Waals surface area contributed by atoms with E-state index in [1.165, 1.54) is 0 Å². The van der Waals surface area contributed by atoms with Crippen LogP contribution in [0.25, 0.3) is 0 Å². The summed E-state index contributed by atoms with van der Waals surface area (Å²) in [6.07, 6.45) is 0. The molecule has 3 N–H and O–H groups in total. The summed E-state index contributed by atoms with van der Waals surface area (Å²) >= 11 is 9.51. The molecule has 0 radical (unpaired) electrons. The van der Waals surface area contributed by atoms with Gasteiger partial charge in [-0.2, -0.15) is 0 Å². The topological polar surface area (TPSA) is 56.5 Å². The summed E-state index contributed by atoms with van der Waals surface area (Å²) in [7, 11) is 0. The molecule has 0 aliphatic carbocycles. The van der Waals surface area contributed by atoms with Gasteiger partial charge in [-0.25, -0.2) is 5.43 Å². The Balaban J connectivity index is 1.99. The molecule has 0 aromatic heterocycles. The standard InChI is InChI=1S/C15H14BrClN2O2/c16-12-8-10(17)2-3-11(12)15(19-18)9-1-4-13-14(7-9)21-6-5-20-13/h1-4,7-8,15,19H,5-6,18H2. The predicted molar refractivity (Wildman–Crippen MR) is 85.8 cm³/mol. The minimum absolute atomic E-state index is 0.174. The van der Waals surface area contributed by atoms with Crippen molar-refractivity contribution >= 4 is 27.5 Å². The molecule has 2 aromatic carbocycles. The van der Waals surface area contributed by atoms with Crippen LogP contribution < -0.4 is 20.7 Å². The smallest absolute Gasteiger partial charge is 0.161 e. The first-order chi connectivity index (χ1) is 10.2. The Bertz CT molecular complexity index is 666. The van der Waals surface area contributed by atoms with Crippen LogP contribution >= 0.6 is 27.5 Å². The van der Waals surface area contributed by atoms with E-state index in [0.29, 0.717) is 18.2 Å². The van der Waals surface area contributed by atoms with Crippen LogP contribution in [0.1, 0.15) is 17.2 Å². The van der Waals surface area contributed by atoms with E-state index in [1.54, 1.807) is 0 Å². The van der Waals surface area contributed by atoms with Crippen molar-refractivity contribution in [1.82, 2.24) is 5.43 Å². The maximum absolute atomic E-state index is 5.99. The van der Waals surface area contributed by atoms with E-state index in [9.17, 15) is 0 Å². The number of hydrazine groups is 1. The highest BCUT2D eigenvalue weighted by Crippen LogP contribution is 2.36. The lowest BCUT2D eigenvalue weighted by Crippen LogP contribution is -2.29. The van der Waals surface area contributed by atoms with Gasteiger partial charge in [0.25, 0.3) is 0 Å². The normalized spacial score (nSPS) is 14.8. The van der Waals surface area contributed by atoms with Gasteiger partial charge < -0.3 is 9.47 Å². The molecule has 6 heteroatoms. The van der Waals surface area contributed by atoms with Gasteiger partial charge in [-0.15, -0.1) is 0 Å². The number of nitrogens with one attached hydrogen (secondary N) is 1. The van der Waals surface area contributed by atoms with E-state index >= 15 is 0 Å². The van der Waals surface area contributed by atoms with E-state index in [-0.39, 0.29) is 6.04 Å². The van der Waals surface area contributed by atoms with Crippen LogP contribution in [-0.4, -0.2) is 13.2 Å². The summed E-state index contributed by atoms with van der Waals surface area (Å²) in [6, 6.07) is 11.3. The van der Waals surface area contributed by atoms with Gasteiger partial charge in [-0.05, 0) is 35.4 Å². The Hall–Kier alpha value is -1.27. The van der Waals surface area contributed by atoms with E-state index in [1.807, 2.05) is 36.4 Å². The van der Waals surface area contributed by atoms with Crippen LogP contribution in [0.2, 0.25) is 5.02 Å². The fourth-order valence-electron chi connectivity index (χ4n) is 2.34. The van der Waals surface area contributed by atoms with Crippen molar-refractivity contribution in [2.24, 2.45) is 5.84 Å². The summed E-state index contributed by atoms with van der Waals surface area (Å²) in [5, 5.41) is 0.670. The third-order valence-electron chi connectivity index (χ3n) is 3.34. The molecule has 0 fully saturated rings. The van der Waals surface area contributed by atoms with Crippen molar-refractivity contribution in [3.05, 3.63) is 57.0 Å². The van der Waals surface area contributed by atoms with Crippen LogP contribution in [0, 0.1) is 0 Å². The van der Waals surface area contributed by atoms with E-state index in [0.717, 1.165) is 27.1 Å². The fraction of sp³-hybridized carbons (Fsp3) is 0.200. The molecule has 1 aliphatic rings. The molecule has 0 saturated heterocycles. The molecule has 3 rings (SSSR count). The quantitative estimate of drug-likeness (QED) is 0.643. The Morgan fingerprint density at radius 2 is 1.86 bits per heavy atom. The highest BCUT2D eigenvalue weighted by molar-refractivity contribution is 9.10. The molecule has 1 aliphatic heterocycles. The zero-order valence-corrected chi connectivity index (χ0v) is 13.4. The summed E-state index contributed by atoms with van der Waals surface area (Å²) in [4.78, 5) is 0. The average molecular weight is 370 g/mol. The summed E-state index contributed by atoms with van der Waals surface area (Å²) in [5.74, 6) is 7.24. The summed E-state index contributed by atoms with van der Waals surface area (Å²) in [5.41, 5.74) is 4.82. The minimum atomic E-state index is -0.174. The van der Waals surface area contributed by atoms with Gasteiger partial charge in [0.05, 0.1) is 6.04 Å². The minimum Gasteiger partial charge on any atom is -0.486 e. The third-order valence-corrected chi connectivity index (χ3v) is 4.26. The Labute approximate surface area is 136 Å². The highest BCUT2D eigenvalue weighted by atomic mass is 79.9. The van der Waals surface area contributed by atoms with Crippen molar-refractivity contribution in [3.8, 4) is 11.5 Å². The third kappa shape index (κ3) is 3.01. The molecule has 0 amide bonds. The first kappa shape index (κ1) is 14.7. The van der Waals surface area contributed by atoms with Crippen molar-refractivity contribution in [3.63, 3.8) is 0 Å². The van der Waals surface area contributed by atoms with Crippen molar-refractivity contribution in [2.45, 2.75) is 6.04 Å². The van der Waals surface area contributed by atoms with Gasteiger partial charge in [-0.3, -0.25) is 5.84 Å². The monoisotopic (exact) mass is 368 g/mol. The molecule has 2 aromatic rings. The van der Waals surface area contributed by atoms with Gasteiger partial charge >= 0.3 is 0 Å². The summed E-state index contributed by atoms with van der Waals surface area (Å²) < 4.78 is 12.0. The van der Waals surface area contributed by atoms with Crippen molar-refractivity contribution in [2.75, 3.05) is 13.2 Å². The van der Waals surface area contributed by atoms with Crippen LogP contribution in [-0.2, 0) is 0 Å². The zero-order chi connectivity index (χ0) is 14.8. The van der Waals surface area contributed by atoms with Crippen LogP contribution in [0.4, 0.5) is 0 Å². The number of nitrogens with two attached hydrogens (primary N) is 1. The second-order valence-corrected chi connectivity index (χ2v) is 5.96. The second-order valence-electron chi connectivity index (χ2n) is 4.67. The van der Waals surface area contributed by atoms with Crippen molar-refractivity contribution < 1.29 is 9.47 Å². The SMILES string of the molecule is NNC(c1ccc2c(c1)OCCO2)c1ccc(Cl)cc1Br. The molecule has 1 heterocycles. The molecule has 0 saturated carbocycles. The number of halogens is 2. The molecule has 1 atom stereocenters. The van der Waals surface area contributed by atoms with Crippen LogP contribution in [0.3, 0.4) is 0 Å². The van der Waals surface area contributed by atoms with Gasteiger partial charge in [0.15, 0.2) is 11.5 Å². The molecule has 110 valence electrons. The molecule has 1 unspecified atom stereocenters. The first-order valence-corrected chi connectivity index (χ1v) is 7.67. The van der Waals surface area contributed by atoms with Gasteiger partial charge in [-0.1, -0.05) is 39.7 Å². The van der Waals surface area contributed by atoms with Gasteiger partial charge in [0.1, 0.15) is 13.2 Å². The number of hydrogen-bond donors (Lipinski definition) is 2. The van der Waals surface area contributed by atoms with Crippen LogP contribution in [0.5, 0.6) is 11.5 Å².